The maximum atomic E-state index is 8.48. The van der Waals surface area contributed by atoms with Crippen LogP contribution in [0.15, 0.2) is 6.07 Å². The molecule has 0 aliphatic carbocycles. The predicted octanol–water partition coefficient (Wildman–Crippen LogP) is 1.01. The molecule has 1 heterocycles. The monoisotopic (exact) mass is 169 g/mol. The second kappa shape index (κ2) is 3.17. The molecule has 0 unspecified atom stereocenters. The number of nitriles is 1. The molecule has 0 atom stereocenters. The van der Waals surface area contributed by atoms with Crippen LogP contribution in [0.25, 0.3) is 0 Å². The fourth-order valence-electron chi connectivity index (χ4n) is 0.537. The van der Waals surface area contributed by atoms with Crippen molar-refractivity contribution in [3.63, 3.8) is 0 Å². The van der Waals surface area contributed by atoms with Crippen LogP contribution in [0.5, 0.6) is 5.88 Å². The molecule has 0 spiro atoms. The van der Waals surface area contributed by atoms with E-state index >= 15 is 0 Å². The van der Waals surface area contributed by atoms with E-state index < -0.39 is 0 Å². The van der Waals surface area contributed by atoms with Crippen molar-refractivity contribution in [2.45, 2.75) is 0 Å². The number of halogens is 1. The highest BCUT2D eigenvalue weighted by atomic mass is 35.5. The van der Waals surface area contributed by atoms with Crippen LogP contribution in [-0.2, 0) is 0 Å². The summed E-state index contributed by atoms with van der Waals surface area (Å²) < 4.78 is 4.73. The van der Waals surface area contributed by atoms with Crippen molar-refractivity contribution < 1.29 is 4.74 Å². The zero-order valence-electron chi connectivity index (χ0n) is 5.71. The summed E-state index contributed by atoms with van der Waals surface area (Å²) in [5, 5.41) is 15.6. The number of ether oxygens (including phenoxy) is 1. The van der Waals surface area contributed by atoms with Crippen molar-refractivity contribution in [1.29, 1.82) is 5.26 Å². The van der Waals surface area contributed by atoms with Gasteiger partial charge < -0.3 is 4.74 Å². The molecular weight excluding hydrogens is 166 g/mol. The maximum absolute atomic E-state index is 8.48. The van der Waals surface area contributed by atoms with Gasteiger partial charge in [0.2, 0.25) is 5.88 Å². The van der Waals surface area contributed by atoms with Crippen molar-refractivity contribution in [3.05, 3.63) is 16.8 Å². The number of hydrogen-bond donors (Lipinski definition) is 0. The van der Waals surface area contributed by atoms with Gasteiger partial charge in [0.05, 0.1) is 12.7 Å². The van der Waals surface area contributed by atoms with E-state index in [4.69, 9.17) is 21.6 Å². The molecular formula is C6H4ClN3O. The second-order valence-corrected chi connectivity index (χ2v) is 2.06. The summed E-state index contributed by atoms with van der Waals surface area (Å²) in [6, 6.07) is 3.28. The second-order valence-electron chi connectivity index (χ2n) is 1.70. The Morgan fingerprint density at radius 2 is 2.36 bits per heavy atom. The van der Waals surface area contributed by atoms with Crippen molar-refractivity contribution in [3.8, 4) is 11.9 Å². The van der Waals surface area contributed by atoms with Gasteiger partial charge in [-0.2, -0.15) is 5.26 Å². The highest BCUT2D eigenvalue weighted by Gasteiger charge is 2.02. The molecule has 0 N–H and O–H groups in total. The molecule has 5 heteroatoms. The van der Waals surface area contributed by atoms with Gasteiger partial charge in [-0.1, -0.05) is 11.6 Å². The summed E-state index contributed by atoms with van der Waals surface area (Å²) in [5.74, 6) is 0.283. The highest BCUT2D eigenvalue weighted by molar-refractivity contribution is 6.30. The molecule has 1 aromatic rings. The Morgan fingerprint density at radius 3 is 2.91 bits per heavy atom. The molecule has 0 fully saturated rings. The molecule has 0 radical (unpaired) electrons. The normalized spacial score (nSPS) is 8.82. The summed E-state index contributed by atoms with van der Waals surface area (Å²) in [4.78, 5) is 0. The molecule has 0 aliphatic rings. The zero-order chi connectivity index (χ0) is 8.27. The van der Waals surface area contributed by atoms with Crippen LogP contribution in [0.4, 0.5) is 0 Å². The topological polar surface area (TPSA) is 58.8 Å². The largest absolute Gasteiger partial charge is 0.480 e. The summed E-state index contributed by atoms with van der Waals surface area (Å²) in [7, 11) is 1.44. The lowest BCUT2D eigenvalue weighted by molar-refractivity contribution is 0.392. The number of methoxy groups -OCH3 is 1. The van der Waals surface area contributed by atoms with Crippen LogP contribution in [0.2, 0.25) is 5.15 Å². The summed E-state index contributed by atoms with van der Waals surface area (Å²) >= 11 is 5.50. The molecule has 0 aliphatic heterocycles. The summed E-state index contributed by atoms with van der Waals surface area (Å²) in [6.45, 7) is 0. The fraction of sp³-hybridized carbons (Fsp3) is 0.167. The van der Waals surface area contributed by atoms with Gasteiger partial charge in [-0.25, -0.2) is 0 Å². The molecule has 0 bridgehead atoms. The molecule has 1 rings (SSSR count). The van der Waals surface area contributed by atoms with Crippen molar-refractivity contribution >= 4 is 11.6 Å². The van der Waals surface area contributed by atoms with Gasteiger partial charge in [-0.15, -0.1) is 10.2 Å². The number of rotatable bonds is 1. The first kappa shape index (κ1) is 7.76. The van der Waals surface area contributed by atoms with Gasteiger partial charge in [0.1, 0.15) is 6.07 Å². The van der Waals surface area contributed by atoms with Crippen LogP contribution >= 0.6 is 11.6 Å². The summed E-state index contributed by atoms with van der Waals surface area (Å²) in [6.07, 6.45) is 0. The number of nitrogens with zero attached hydrogens (tertiary/aromatic N) is 3. The SMILES string of the molecule is COc1cc(C#N)c(Cl)nn1. The Hall–Kier alpha value is -1.34. The third kappa shape index (κ3) is 1.57. The van der Waals surface area contributed by atoms with Crippen molar-refractivity contribution in [1.82, 2.24) is 10.2 Å². The molecule has 0 amide bonds. The number of hydrogen-bond acceptors (Lipinski definition) is 4. The Morgan fingerprint density at radius 1 is 1.64 bits per heavy atom. The van der Waals surface area contributed by atoms with E-state index in [1.807, 2.05) is 6.07 Å². The lowest BCUT2D eigenvalue weighted by atomic mass is 10.3. The Balaban J connectivity index is 3.15. The van der Waals surface area contributed by atoms with Crippen molar-refractivity contribution in [2.24, 2.45) is 0 Å². The van der Waals surface area contributed by atoms with E-state index in [1.54, 1.807) is 0 Å². The van der Waals surface area contributed by atoms with E-state index in [9.17, 15) is 0 Å². The lowest BCUT2D eigenvalue weighted by Crippen LogP contribution is -1.92. The Kier molecular flexibility index (Phi) is 2.24. The first-order valence-electron chi connectivity index (χ1n) is 2.75. The van der Waals surface area contributed by atoms with Gasteiger partial charge in [-0.3, -0.25) is 0 Å². The lowest BCUT2D eigenvalue weighted by Gasteiger charge is -1.96. The van der Waals surface area contributed by atoms with Crippen LogP contribution in [-0.4, -0.2) is 17.3 Å². The first-order chi connectivity index (χ1) is 5.27. The molecule has 56 valence electrons. The van der Waals surface area contributed by atoms with E-state index in [0.29, 0.717) is 0 Å². The first-order valence-corrected chi connectivity index (χ1v) is 3.13. The average Bonchev–Trinajstić information content (AvgIpc) is 2.05. The average molecular weight is 170 g/mol. The molecule has 1 aromatic heterocycles. The Labute approximate surface area is 68.4 Å². The van der Waals surface area contributed by atoms with Gasteiger partial charge in [0.25, 0.3) is 0 Å². The predicted molar refractivity (Wildman–Crippen MR) is 38.3 cm³/mol. The molecule has 4 nitrogen and oxygen atoms in total. The third-order valence-corrected chi connectivity index (χ3v) is 1.34. The third-order valence-electron chi connectivity index (χ3n) is 1.06. The van der Waals surface area contributed by atoms with Crippen LogP contribution in [0.1, 0.15) is 5.56 Å². The van der Waals surface area contributed by atoms with E-state index in [2.05, 4.69) is 10.2 Å². The van der Waals surface area contributed by atoms with Crippen LogP contribution in [0.3, 0.4) is 0 Å². The fourth-order valence-corrected chi connectivity index (χ4v) is 0.672. The van der Waals surface area contributed by atoms with Crippen LogP contribution < -0.4 is 4.74 Å². The highest BCUT2D eigenvalue weighted by Crippen LogP contribution is 2.14. The number of aromatic nitrogens is 2. The van der Waals surface area contributed by atoms with Gasteiger partial charge in [-0.05, 0) is 0 Å². The minimum absolute atomic E-state index is 0.0910. The molecule has 11 heavy (non-hydrogen) atoms. The van der Waals surface area contributed by atoms with Crippen molar-refractivity contribution in [2.75, 3.05) is 7.11 Å². The standard InChI is InChI=1S/C6H4ClN3O/c1-11-5-2-4(3-8)6(7)10-9-5/h2H,1H3. The van der Waals surface area contributed by atoms with Gasteiger partial charge in [0, 0.05) is 6.07 Å². The van der Waals surface area contributed by atoms with E-state index in [-0.39, 0.29) is 16.6 Å². The van der Waals surface area contributed by atoms with Gasteiger partial charge >= 0.3 is 0 Å². The molecule has 0 aromatic carbocycles. The van der Waals surface area contributed by atoms with E-state index in [1.165, 1.54) is 13.2 Å². The molecule has 0 saturated carbocycles. The Bertz CT molecular complexity index is 307. The minimum Gasteiger partial charge on any atom is -0.480 e. The van der Waals surface area contributed by atoms with E-state index in [0.717, 1.165) is 0 Å². The quantitative estimate of drug-likeness (QED) is 0.630. The molecule has 0 saturated heterocycles. The summed E-state index contributed by atoms with van der Waals surface area (Å²) in [5.41, 5.74) is 0.263. The minimum atomic E-state index is 0.0910. The maximum Gasteiger partial charge on any atom is 0.234 e. The van der Waals surface area contributed by atoms with Crippen LogP contribution in [0, 0.1) is 11.3 Å². The smallest absolute Gasteiger partial charge is 0.234 e. The zero-order valence-corrected chi connectivity index (χ0v) is 6.46. The van der Waals surface area contributed by atoms with Gasteiger partial charge in [0.15, 0.2) is 5.15 Å².